The lowest BCUT2D eigenvalue weighted by atomic mass is 9.97. The Labute approximate surface area is 235 Å². The first-order valence-corrected chi connectivity index (χ1v) is 18.6. The number of aryl methyl sites for hydroxylation is 1. The Hall–Kier alpha value is -3.34. The number of hydrogen-bond donors (Lipinski definition) is 1. The highest BCUT2D eigenvalue weighted by molar-refractivity contribution is 7.91. The number of benzene rings is 3. The number of halogens is 1. The molecule has 40 heavy (non-hydrogen) atoms. The lowest BCUT2D eigenvalue weighted by Crippen LogP contribution is -2.25. The van der Waals surface area contributed by atoms with Crippen LogP contribution in [0.5, 0.6) is 0 Å². The van der Waals surface area contributed by atoms with Crippen molar-refractivity contribution in [3.05, 3.63) is 77.6 Å². The van der Waals surface area contributed by atoms with E-state index in [4.69, 9.17) is 4.74 Å². The molecule has 1 amide bonds. The molecule has 0 bridgehead atoms. The van der Waals surface area contributed by atoms with Gasteiger partial charge in [0.1, 0.15) is 12.5 Å². The van der Waals surface area contributed by atoms with Crippen LogP contribution in [0.2, 0.25) is 25.7 Å². The molecule has 0 saturated heterocycles. The molecule has 0 atom stereocenters. The molecule has 4 aromatic rings. The first-order valence-electron chi connectivity index (χ1n) is 13.4. The van der Waals surface area contributed by atoms with Gasteiger partial charge in [0.25, 0.3) is 5.91 Å². The second-order valence-electron chi connectivity index (χ2n) is 11.6. The van der Waals surface area contributed by atoms with Gasteiger partial charge in [0.15, 0.2) is 5.03 Å². The van der Waals surface area contributed by atoms with Crippen molar-refractivity contribution >= 4 is 34.7 Å². The fraction of sp³-hybridized carbons (Fsp3) is 0.333. The van der Waals surface area contributed by atoms with Gasteiger partial charge in [0.2, 0.25) is 9.84 Å². The molecular weight excluding hydrogens is 545 g/mol. The van der Waals surface area contributed by atoms with E-state index in [1.165, 1.54) is 12.1 Å². The number of nitrogens with zero attached hydrogens (tertiary/aromatic N) is 2. The third kappa shape index (κ3) is 6.19. The molecule has 1 heterocycles. The van der Waals surface area contributed by atoms with E-state index in [0.717, 1.165) is 47.7 Å². The Kier molecular flexibility index (Phi) is 7.69. The maximum atomic E-state index is 13.6. The van der Waals surface area contributed by atoms with Gasteiger partial charge in [0, 0.05) is 31.7 Å². The maximum Gasteiger partial charge on any atom is 0.251 e. The van der Waals surface area contributed by atoms with Crippen LogP contribution >= 0.6 is 0 Å². The second kappa shape index (κ2) is 10.9. The zero-order valence-electron chi connectivity index (χ0n) is 23.2. The SMILES string of the molecule is Cc1ccc(C(=O)NC2CC2)cc1-c1ccc2c(S(=O)(=O)c3ccc(F)cc3)nn(COCC[Si](C)(C)C)c2c1. The van der Waals surface area contributed by atoms with Crippen LogP contribution < -0.4 is 5.32 Å². The van der Waals surface area contributed by atoms with E-state index in [9.17, 15) is 17.6 Å². The number of fused-ring (bicyclic) bond motifs is 1. The second-order valence-corrected chi connectivity index (χ2v) is 19.1. The summed E-state index contributed by atoms with van der Waals surface area (Å²) in [6.07, 6.45) is 2.02. The highest BCUT2D eigenvalue weighted by Crippen LogP contribution is 2.33. The monoisotopic (exact) mass is 579 g/mol. The average molecular weight is 580 g/mol. The highest BCUT2D eigenvalue weighted by atomic mass is 32.2. The predicted octanol–water partition coefficient (Wildman–Crippen LogP) is 6.19. The Morgan fingerprint density at radius 2 is 1.80 bits per heavy atom. The smallest absolute Gasteiger partial charge is 0.251 e. The van der Waals surface area contributed by atoms with E-state index in [1.807, 2.05) is 37.3 Å². The molecule has 0 radical (unpaired) electrons. The van der Waals surface area contributed by atoms with Crippen molar-refractivity contribution < 1.29 is 22.3 Å². The average Bonchev–Trinajstić information content (AvgIpc) is 3.64. The van der Waals surface area contributed by atoms with Crippen molar-refractivity contribution in [2.24, 2.45) is 0 Å². The van der Waals surface area contributed by atoms with Crippen LogP contribution in [0.1, 0.15) is 28.8 Å². The van der Waals surface area contributed by atoms with Crippen LogP contribution in [0.3, 0.4) is 0 Å². The Morgan fingerprint density at radius 1 is 1.07 bits per heavy atom. The van der Waals surface area contributed by atoms with Crippen molar-refractivity contribution in [1.29, 1.82) is 0 Å². The van der Waals surface area contributed by atoms with E-state index in [0.29, 0.717) is 23.1 Å². The summed E-state index contributed by atoms with van der Waals surface area (Å²) < 4.78 is 48.2. The number of sulfone groups is 1. The predicted molar refractivity (Wildman–Crippen MR) is 156 cm³/mol. The van der Waals surface area contributed by atoms with E-state index < -0.39 is 23.7 Å². The number of aromatic nitrogens is 2. The number of hydrogen-bond acceptors (Lipinski definition) is 5. The van der Waals surface area contributed by atoms with Crippen LogP contribution in [0, 0.1) is 12.7 Å². The first-order chi connectivity index (χ1) is 18.9. The van der Waals surface area contributed by atoms with Crippen LogP contribution in [0.25, 0.3) is 22.0 Å². The lowest BCUT2D eigenvalue weighted by Gasteiger charge is -2.15. The Bertz CT molecular complexity index is 1670. The molecule has 1 N–H and O–H groups in total. The number of rotatable bonds is 10. The number of carbonyl (C=O) groups excluding carboxylic acids is 1. The molecule has 1 aromatic heterocycles. The van der Waals surface area contributed by atoms with Crippen molar-refractivity contribution in [3.63, 3.8) is 0 Å². The van der Waals surface area contributed by atoms with Gasteiger partial charge in [-0.05, 0) is 91.0 Å². The fourth-order valence-electron chi connectivity index (χ4n) is 4.43. The zero-order chi connectivity index (χ0) is 28.7. The summed E-state index contributed by atoms with van der Waals surface area (Å²) in [5.74, 6) is -0.614. The number of amides is 1. The molecule has 3 aromatic carbocycles. The van der Waals surface area contributed by atoms with Crippen molar-refractivity contribution in [2.75, 3.05) is 6.61 Å². The maximum absolute atomic E-state index is 13.6. The molecule has 0 aliphatic heterocycles. The third-order valence-corrected chi connectivity index (χ3v) is 10.4. The molecule has 7 nitrogen and oxygen atoms in total. The summed E-state index contributed by atoms with van der Waals surface area (Å²) in [5, 5.41) is 7.86. The Balaban J connectivity index is 1.56. The minimum absolute atomic E-state index is 0.0330. The normalized spacial score (nSPS) is 14.0. The topological polar surface area (TPSA) is 90.3 Å². The molecule has 0 spiro atoms. The summed E-state index contributed by atoms with van der Waals surface area (Å²) in [7, 11) is -5.34. The third-order valence-electron chi connectivity index (χ3n) is 7.03. The summed E-state index contributed by atoms with van der Waals surface area (Å²) in [6.45, 7) is 9.41. The van der Waals surface area contributed by atoms with Gasteiger partial charge in [-0.3, -0.25) is 4.79 Å². The largest absolute Gasteiger partial charge is 0.360 e. The van der Waals surface area contributed by atoms with Gasteiger partial charge in [-0.1, -0.05) is 31.8 Å². The highest BCUT2D eigenvalue weighted by Gasteiger charge is 2.27. The minimum Gasteiger partial charge on any atom is -0.360 e. The number of ether oxygens (including phenoxy) is 1. The summed E-state index contributed by atoms with van der Waals surface area (Å²) >= 11 is 0. The Morgan fingerprint density at radius 3 is 2.48 bits per heavy atom. The first kappa shape index (κ1) is 28.2. The minimum atomic E-state index is -4.02. The van der Waals surface area contributed by atoms with E-state index in [1.54, 1.807) is 10.7 Å². The van der Waals surface area contributed by atoms with Crippen molar-refractivity contribution in [2.45, 2.75) is 68.1 Å². The molecule has 0 unspecified atom stereocenters. The number of carbonyl (C=O) groups is 1. The fourth-order valence-corrected chi connectivity index (χ4v) is 6.58. The molecule has 210 valence electrons. The molecule has 10 heteroatoms. The van der Waals surface area contributed by atoms with Gasteiger partial charge >= 0.3 is 0 Å². The molecule has 1 fully saturated rings. The zero-order valence-corrected chi connectivity index (χ0v) is 25.0. The van der Waals surface area contributed by atoms with Gasteiger partial charge in [-0.15, -0.1) is 0 Å². The van der Waals surface area contributed by atoms with Crippen molar-refractivity contribution in [1.82, 2.24) is 15.1 Å². The summed E-state index contributed by atoms with van der Waals surface area (Å²) in [6, 6.07) is 17.0. The van der Waals surface area contributed by atoms with Gasteiger partial charge in [0.05, 0.1) is 10.4 Å². The van der Waals surface area contributed by atoms with Crippen LogP contribution in [0.4, 0.5) is 4.39 Å². The molecular formula is C30H34FN3O4SSi. The van der Waals surface area contributed by atoms with Gasteiger partial charge in [-0.2, -0.15) is 5.10 Å². The van der Waals surface area contributed by atoms with Crippen LogP contribution in [0.15, 0.2) is 70.6 Å². The van der Waals surface area contributed by atoms with E-state index in [-0.39, 0.29) is 28.6 Å². The van der Waals surface area contributed by atoms with E-state index in [2.05, 4.69) is 30.1 Å². The lowest BCUT2D eigenvalue weighted by molar-refractivity contribution is 0.0808. The molecule has 5 rings (SSSR count). The van der Waals surface area contributed by atoms with Crippen LogP contribution in [-0.4, -0.2) is 44.8 Å². The molecule has 1 aliphatic rings. The summed E-state index contributed by atoms with van der Waals surface area (Å²) in [5.41, 5.74) is 3.87. The van der Waals surface area contributed by atoms with Crippen LogP contribution in [-0.2, 0) is 21.3 Å². The van der Waals surface area contributed by atoms with Gasteiger partial charge < -0.3 is 10.1 Å². The van der Waals surface area contributed by atoms with E-state index >= 15 is 0 Å². The molecule has 1 aliphatic carbocycles. The summed E-state index contributed by atoms with van der Waals surface area (Å²) in [4.78, 5) is 12.7. The molecule has 1 saturated carbocycles. The van der Waals surface area contributed by atoms with Crippen molar-refractivity contribution in [3.8, 4) is 11.1 Å². The van der Waals surface area contributed by atoms with Gasteiger partial charge in [-0.25, -0.2) is 17.5 Å². The quantitative estimate of drug-likeness (QED) is 0.138. The number of nitrogens with one attached hydrogen (secondary N) is 1. The standard InChI is InChI=1S/C30H34FN3O4SSi/c1-20-5-6-22(29(35)32-24-10-11-24)17-27(20)21-7-14-26-28(18-21)34(19-38-15-16-40(2,3)4)33-30(26)39(36,37)25-12-8-23(31)9-13-25/h5-9,12-14,17-18,24H,10-11,15-16,19H2,1-4H3,(H,32,35).